The van der Waals surface area contributed by atoms with Gasteiger partial charge >= 0.3 is 0 Å². The van der Waals surface area contributed by atoms with E-state index in [1.807, 2.05) is 17.2 Å². The van der Waals surface area contributed by atoms with Crippen molar-refractivity contribution in [3.05, 3.63) is 66.3 Å². The summed E-state index contributed by atoms with van der Waals surface area (Å²) in [4.78, 5) is 14.6. The van der Waals surface area contributed by atoms with Crippen molar-refractivity contribution in [3.8, 4) is 11.4 Å². The van der Waals surface area contributed by atoms with Gasteiger partial charge in [0.15, 0.2) is 5.65 Å². The van der Waals surface area contributed by atoms with Crippen LogP contribution in [0.15, 0.2) is 49.1 Å². The van der Waals surface area contributed by atoms with E-state index in [2.05, 4.69) is 25.3 Å². The number of rotatable bonds is 3. The summed E-state index contributed by atoms with van der Waals surface area (Å²) < 4.78 is 29.9. The van der Waals surface area contributed by atoms with Crippen LogP contribution in [0.2, 0.25) is 0 Å². The average Bonchev–Trinajstić information content (AvgIpc) is 3.52. The molecule has 154 valence electrons. The van der Waals surface area contributed by atoms with E-state index in [0.29, 0.717) is 34.9 Å². The van der Waals surface area contributed by atoms with Crippen LogP contribution in [0.1, 0.15) is 24.4 Å². The first-order chi connectivity index (χ1) is 15.2. The summed E-state index contributed by atoms with van der Waals surface area (Å²) in [7, 11) is 0. The van der Waals surface area contributed by atoms with Crippen molar-refractivity contribution < 1.29 is 8.78 Å². The molecule has 31 heavy (non-hydrogen) atoms. The maximum absolute atomic E-state index is 14.5. The monoisotopic (exact) mass is 418 g/mol. The molecule has 1 N–H and O–H groups in total. The Hall–Kier alpha value is -3.95. The number of halogens is 2. The van der Waals surface area contributed by atoms with Crippen LogP contribution in [0.3, 0.4) is 0 Å². The van der Waals surface area contributed by atoms with Gasteiger partial charge in [-0.1, -0.05) is 0 Å². The summed E-state index contributed by atoms with van der Waals surface area (Å²) in [6.45, 7) is 0.704. The number of imidazole rings is 1. The van der Waals surface area contributed by atoms with Gasteiger partial charge in [0.1, 0.15) is 28.8 Å². The van der Waals surface area contributed by atoms with E-state index in [-0.39, 0.29) is 6.04 Å². The quantitative estimate of drug-likeness (QED) is 0.481. The van der Waals surface area contributed by atoms with E-state index < -0.39 is 11.6 Å². The predicted octanol–water partition coefficient (Wildman–Crippen LogP) is 3.68. The Kier molecular flexibility index (Phi) is 3.92. The zero-order valence-corrected chi connectivity index (χ0v) is 16.2. The van der Waals surface area contributed by atoms with Crippen molar-refractivity contribution in [1.29, 1.82) is 0 Å². The molecule has 1 aromatic carbocycles. The molecular weight excluding hydrogens is 402 g/mol. The van der Waals surface area contributed by atoms with Gasteiger partial charge in [0.05, 0.1) is 35.7 Å². The highest BCUT2D eigenvalue weighted by Gasteiger charge is 2.30. The first-order valence-corrected chi connectivity index (χ1v) is 9.90. The second kappa shape index (κ2) is 6.79. The lowest BCUT2D eigenvalue weighted by Gasteiger charge is -2.26. The number of nitrogens with one attached hydrogen (secondary N) is 1. The van der Waals surface area contributed by atoms with Crippen molar-refractivity contribution in [2.24, 2.45) is 0 Å². The molecule has 0 saturated carbocycles. The normalized spacial score (nSPS) is 16.6. The Bertz CT molecular complexity index is 1390. The van der Waals surface area contributed by atoms with Crippen molar-refractivity contribution in [1.82, 2.24) is 34.8 Å². The molecule has 0 aliphatic carbocycles. The summed E-state index contributed by atoms with van der Waals surface area (Å²) in [5.41, 5.74) is 3.15. The Morgan fingerprint density at radius 1 is 1.03 bits per heavy atom. The van der Waals surface area contributed by atoms with Crippen LogP contribution in [0.5, 0.6) is 0 Å². The van der Waals surface area contributed by atoms with Crippen LogP contribution < -0.4 is 4.90 Å². The molecule has 0 bridgehead atoms. The largest absolute Gasteiger partial charge is 0.349 e. The van der Waals surface area contributed by atoms with Crippen LogP contribution in [0.25, 0.3) is 28.1 Å². The topological polar surface area (TPSA) is 87.9 Å². The third-order valence-electron chi connectivity index (χ3n) is 5.67. The third-order valence-corrected chi connectivity index (χ3v) is 5.67. The van der Waals surface area contributed by atoms with E-state index in [1.165, 1.54) is 12.1 Å². The van der Waals surface area contributed by atoms with Gasteiger partial charge in [0.25, 0.3) is 0 Å². The summed E-state index contributed by atoms with van der Waals surface area (Å²) in [5, 5.41) is 12.1. The van der Waals surface area contributed by atoms with Crippen LogP contribution in [-0.4, -0.2) is 41.3 Å². The molecule has 0 radical (unpaired) electrons. The number of nitrogens with zero attached hydrogens (tertiary/aromatic N) is 7. The van der Waals surface area contributed by atoms with Gasteiger partial charge in [0.2, 0.25) is 0 Å². The minimum atomic E-state index is -0.446. The van der Waals surface area contributed by atoms with Crippen molar-refractivity contribution >= 4 is 22.5 Å². The Labute approximate surface area is 174 Å². The molecule has 1 atom stereocenters. The smallest absolute Gasteiger partial charge is 0.168 e. The fourth-order valence-electron chi connectivity index (χ4n) is 4.22. The number of hydrogen-bond donors (Lipinski definition) is 1. The van der Waals surface area contributed by atoms with Gasteiger partial charge in [-0.25, -0.2) is 23.3 Å². The Morgan fingerprint density at radius 3 is 2.84 bits per heavy atom. The van der Waals surface area contributed by atoms with Gasteiger partial charge < -0.3 is 9.88 Å². The van der Waals surface area contributed by atoms with E-state index in [0.717, 1.165) is 30.0 Å². The maximum atomic E-state index is 14.5. The summed E-state index contributed by atoms with van der Waals surface area (Å²) in [5.74, 6) is 0.436. The number of anilines is 1. The highest BCUT2D eigenvalue weighted by molar-refractivity contribution is 5.82. The minimum Gasteiger partial charge on any atom is -0.349 e. The third kappa shape index (κ3) is 2.90. The van der Waals surface area contributed by atoms with E-state index in [4.69, 9.17) is 4.98 Å². The summed E-state index contributed by atoms with van der Waals surface area (Å²) in [6, 6.07) is 5.15. The first-order valence-electron chi connectivity index (χ1n) is 9.90. The number of aromatic amines is 1. The molecule has 1 fully saturated rings. The number of fused-ring (bicyclic) bond motifs is 2. The molecule has 0 unspecified atom stereocenters. The molecule has 1 aliphatic rings. The Morgan fingerprint density at radius 2 is 1.94 bits per heavy atom. The molecule has 10 heteroatoms. The highest BCUT2D eigenvalue weighted by Crippen LogP contribution is 2.37. The SMILES string of the molecule is Fc1ccc(F)c([C@H]2CCCN2c2ccn3ncc(-c4nc5cnncc5[nH]4)c3n2)c1. The van der Waals surface area contributed by atoms with Crippen molar-refractivity contribution in [2.45, 2.75) is 18.9 Å². The number of H-pyrrole nitrogens is 1. The predicted molar refractivity (Wildman–Crippen MR) is 109 cm³/mol. The van der Waals surface area contributed by atoms with Gasteiger partial charge in [-0.05, 0) is 37.1 Å². The average molecular weight is 418 g/mol. The molecule has 0 amide bonds. The standard InChI is InChI=1S/C21H16F2N8/c22-12-3-4-15(23)13(8-12)18-2-1-6-30(18)19-5-7-31-21(29-19)14(9-26-31)20-27-16-10-24-25-11-17(16)28-20/h3-5,7-11,18H,1-2,6H2,(H,27,28)/t18-/m1/s1. The van der Waals surface area contributed by atoms with Crippen molar-refractivity contribution in [2.75, 3.05) is 11.4 Å². The van der Waals surface area contributed by atoms with Gasteiger partial charge in [0, 0.05) is 18.3 Å². The summed E-state index contributed by atoms with van der Waals surface area (Å²) in [6.07, 6.45) is 8.29. The lowest BCUT2D eigenvalue weighted by atomic mass is 10.0. The lowest BCUT2D eigenvalue weighted by Crippen LogP contribution is -2.24. The fraction of sp³-hybridized carbons (Fsp3) is 0.190. The molecule has 1 aliphatic heterocycles. The maximum Gasteiger partial charge on any atom is 0.168 e. The number of hydrogen-bond acceptors (Lipinski definition) is 6. The molecule has 5 aromatic rings. The van der Waals surface area contributed by atoms with Crippen molar-refractivity contribution in [3.63, 3.8) is 0 Å². The van der Waals surface area contributed by atoms with Crippen LogP contribution in [0, 0.1) is 11.6 Å². The van der Waals surface area contributed by atoms with Gasteiger partial charge in [-0.15, -0.1) is 0 Å². The summed E-state index contributed by atoms with van der Waals surface area (Å²) >= 11 is 0. The van der Waals surface area contributed by atoms with E-state index in [9.17, 15) is 8.78 Å². The zero-order valence-electron chi connectivity index (χ0n) is 16.2. The van der Waals surface area contributed by atoms with Crippen LogP contribution in [-0.2, 0) is 0 Å². The van der Waals surface area contributed by atoms with Gasteiger partial charge in [-0.2, -0.15) is 15.3 Å². The first kappa shape index (κ1) is 17.9. The zero-order chi connectivity index (χ0) is 20.9. The number of aromatic nitrogens is 7. The van der Waals surface area contributed by atoms with Crippen LogP contribution in [0.4, 0.5) is 14.6 Å². The Balaban J connectivity index is 1.43. The fourth-order valence-corrected chi connectivity index (χ4v) is 4.22. The molecule has 5 heterocycles. The highest BCUT2D eigenvalue weighted by atomic mass is 19.1. The number of benzene rings is 1. The molecule has 1 saturated heterocycles. The molecule has 0 spiro atoms. The van der Waals surface area contributed by atoms with E-state index in [1.54, 1.807) is 23.1 Å². The lowest BCUT2D eigenvalue weighted by molar-refractivity contribution is 0.560. The van der Waals surface area contributed by atoms with Gasteiger partial charge in [-0.3, -0.25) is 0 Å². The minimum absolute atomic E-state index is 0.277. The van der Waals surface area contributed by atoms with E-state index >= 15 is 0 Å². The molecule has 6 rings (SSSR count). The molecular formula is C21H16F2N8. The van der Waals surface area contributed by atoms with Crippen LogP contribution >= 0.6 is 0 Å². The second-order valence-electron chi connectivity index (χ2n) is 7.50. The second-order valence-corrected chi connectivity index (χ2v) is 7.50. The molecule has 4 aromatic heterocycles. The molecule has 8 nitrogen and oxygen atoms in total.